The van der Waals surface area contributed by atoms with Gasteiger partial charge in [-0.05, 0) is 0 Å². The Hall–Kier alpha value is -1.87. The van der Waals surface area contributed by atoms with Crippen molar-refractivity contribution in [3.8, 4) is 0 Å². The Morgan fingerprint density at radius 3 is 3.00 bits per heavy atom. The topological polar surface area (TPSA) is 125 Å². The third-order valence-corrected chi connectivity index (χ3v) is 3.91. The molecule has 18 heavy (non-hydrogen) atoms. The lowest BCUT2D eigenvalue weighted by molar-refractivity contribution is -0.147. The minimum atomic E-state index is -1.21. The van der Waals surface area contributed by atoms with Gasteiger partial charge in [-0.3, -0.25) is 14.5 Å². The zero-order valence-electron chi connectivity index (χ0n) is 9.07. The number of thioether (sulfide) groups is 1. The van der Waals surface area contributed by atoms with E-state index in [4.69, 9.17) is 10.8 Å². The quantitative estimate of drug-likeness (QED) is 0.242. The van der Waals surface area contributed by atoms with Crippen LogP contribution >= 0.6 is 11.8 Å². The van der Waals surface area contributed by atoms with Crippen LogP contribution in [0, 0.1) is 0 Å². The van der Waals surface area contributed by atoms with Crippen molar-refractivity contribution in [2.45, 2.75) is 11.4 Å². The molecule has 0 aromatic heterocycles. The Kier molecular flexibility index (Phi) is 3.34. The van der Waals surface area contributed by atoms with Crippen LogP contribution in [0.25, 0.3) is 0 Å². The first-order chi connectivity index (χ1) is 8.57. The van der Waals surface area contributed by atoms with E-state index in [0.717, 1.165) is 4.90 Å². The summed E-state index contributed by atoms with van der Waals surface area (Å²) in [6.45, 7) is 0. The van der Waals surface area contributed by atoms with Gasteiger partial charge in [-0.2, -0.15) is 5.10 Å². The molecule has 8 nitrogen and oxygen atoms in total. The summed E-state index contributed by atoms with van der Waals surface area (Å²) in [6, 6.07) is -0.657. The number of hydrogen-bond donors (Lipinski definition) is 3. The van der Waals surface area contributed by atoms with Gasteiger partial charge in [0.25, 0.3) is 0 Å². The zero-order chi connectivity index (χ0) is 13.3. The molecule has 1 saturated heterocycles. The fraction of sp³-hybridized carbons (Fsp3) is 0.333. The molecule has 2 amide bonds. The van der Waals surface area contributed by atoms with Gasteiger partial charge in [0.05, 0.1) is 6.21 Å². The summed E-state index contributed by atoms with van der Waals surface area (Å²) in [5.74, 6) is -1.26. The van der Waals surface area contributed by atoms with Crippen molar-refractivity contribution in [3.63, 3.8) is 0 Å². The van der Waals surface area contributed by atoms with Gasteiger partial charge in [0.15, 0.2) is 0 Å². The number of amides is 2. The number of fused-ring (bicyclic) bond motifs is 1. The van der Waals surface area contributed by atoms with Gasteiger partial charge < -0.3 is 10.8 Å². The molecular weight excluding hydrogens is 260 g/mol. The summed E-state index contributed by atoms with van der Waals surface area (Å²) < 4.78 is 0. The van der Waals surface area contributed by atoms with Crippen LogP contribution in [0.15, 0.2) is 16.4 Å². The van der Waals surface area contributed by atoms with E-state index in [-0.39, 0.29) is 11.1 Å². The number of hydrogen-bond acceptors (Lipinski definition) is 6. The van der Waals surface area contributed by atoms with Gasteiger partial charge in [-0.15, -0.1) is 11.8 Å². The molecule has 2 rings (SSSR count). The Balaban J connectivity index is 2.32. The predicted molar refractivity (Wildman–Crippen MR) is 63.4 cm³/mol. The summed E-state index contributed by atoms with van der Waals surface area (Å²) in [7, 11) is 0. The van der Waals surface area contributed by atoms with Crippen LogP contribution in [0.2, 0.25) is 0 Å². The zero-order valence-corrected chi connectivity index (χ0v) is 9.88. The van der Waals surface area contributed by atoms with Crippen LogP contribution in [0.3, 0.4) is 0 Å². The number of hydrazone groups is 1. The molecule has 0 aliphatic carbocycles. The molecule has 0 spiro atoms. The molecule has 2 atom stereocenters. The average Bonchev–Trinajstić information content (AvgIpc) is 2.37. The number of nitrogens with two attached hydrogens (primary N) is 1. The Morgan fingerprint density at radius 1 is 1.67 bits per heavy atom. The molecule has 4 N–H and O–H groups in total. The van der Waals surface area contributed by atoms with E-state index < -0.39 is 17.9 Å². The largest absolute Gasteiger partial charge is 0.477 e. The summed E-state index contributed by atoms with van der Waals surface area (Å²) in [6.07, 6.45) is 1.58. The minimum absolute atomic E-state index is 0.123. The second kappa shape index (κ2) is 4.78. The Morgan fingerprint density at radius 2 is 2.39 bits per heavy atom. The van der Waals surface area contributed by atoms with Gasteiger partial charge in [0.2, 0.25) is 12.3 Å². The smallest absolute Gasteiger partial charge is 0.353 e. The minimum Gasteiger partial charge on any atom is -0.477 e. The summed E-state index contributed by atoms with van der Waals surface area (Å²) >= 11 is 1.36. The summed E-state index contributed by atoms with van der Waals surface area (Å²) in [4.78, 5) is 33.9. The second-order valence-corrected chi connectivity index (χ2v) is 4.72. The van der Waals surface area contributed by atoms with Crippen molar-refractivity contribution in [2.75, 3.05) is 5.75 Å². The first-order valence-corrected chi connectivity index (χ1v) is 6.01. The molecule has 9 heteroatoms. The first kappa shape index (κ1) is 12.6. The van der Waals surface area contributed by atoms with Crippen LogP contribution in [-0.4, -0.2) is 51.7 Å². The SMILES string of the molecule is NC1C(=O)N2C(C(=O)O)=C(C=NNC=O)CS[C@@H]12. The maximum absolute atomic E-state index is 11.6. The van der Waals surface area contributed by atoms with Crippen LogP contribution < -0.4 is 11.2 Å². The number of nitrogens with one attached hydrogen (secondary N) is 1. The highest BCUT2D eigenvalue weighted by Gasteiger charge is 2.51. The van der Waals surface area contributed by atoms with Gasteiger partial charge in [-0.1, -0.05) is 0 Å². The van der Waals surface area contributed by atoms with Gasteiger partial charge >= 0.3 is 5.97 Å². The molecule has 2 aliphatic rings. The average molecular weight is 270 g/mol. The first-order valence-electron chi connectivity index (χ1n) is 4.97. The number of nitrogens with zero attached hydrogens (tertiary/aromatic N) is 2. The third kappa shape index (κ3) is 1.87. The van der Waals surface area contributed by atoms with Gasteiger partial charge in [-0.25, -0.2) is 10.2 Å². The van der Waals surface area contributed by atoms with Gasteiger partial charge in [0.1, 0.15) is 17.1 Å². The Labute approximate surface area is 106 Å². The monoisotopic (exact) mass is 270 g/mol. The van der Waals surface area contributed by atoms with Crippen LogP contribution in [0.4, 0.5) is 0 Å². The number of rotatable bonds is 4. The van der Waals surface area contributed by atoms with E-state index in [1.807, 2.05) is 5.43 Å². The van der Waals surface area contributed by atoms with Crippen LogP contribution in [0.1, 0.15) is 0 Å². The van der Waals surface area contributed by atoms with Crippen LogP contribution in [0.5, 0.6) is 0 Å². The van der Waals surface area contributed by atoms with Crippen molar-refractivity contribution >= 4 is 36.3 Å². The van der Waals surface area contributed by atoms with E-state index in [1.54, 1.807) is 0 Å². The third-order valence-electron chi connectivity index (χ3n) is 2.59. The highest BCUT2D eigenvalue weighted by atomic mass is 32.2. The van der Waals surface area contributed by atoms with Crippen molar-refractivity contribution < 1.29 is 19.5 Å². The number of carbonyl (C=O) groups is 3. The van der Waals surface area contributed by atoms with Crippen molar-refractivity contribution in [3.05, 3.63) is 11.3 Å². The van der Waals surface area contributed by atoms with E-state index in [2.05, 4.69) is 5.10 Å². The van der Waals surface area contributed by atoms with Crippen LogP contribution in [-0.2, 0) is 14.4 Å². The molecule has 1 fully saturated rings. The van der Waals surface area contributed by atoms with E-state index >= 15 is 0 Å². The van der Waals surface area contributed by atoms with Gasteiger partial charge in [0, 0.05) is 11.3 Å². The van der Waals surface area contributed by atoms with E-state index in [9.17, 15) is 14.4 Å². The van der Waals surface area contributed by atoms with Crippen molar-refractivity contribution in [1.82, 2.24) is 10.3 Å². The molecule has 0 bridgehead atoms. The highest BCUT2D eigenvalue weighted by Crippen LogP contribution is 2.38. The molecule has 96 valence electrons. The number of carboxylic acids is 1. The molecule has 0 radical (unpaired) electrons. The molecule has 0 aromatic carbocycles. The fourth-order valence-corrected chi connectivity index (χ4v) is 3.03. The lowest BCUT2D eigenvalue weighted by Gasteiger charge is -2.47. The normalized spacial score (nSPS) is 26.9. The highest BCUT2D eigenvalue weighted by molar-refractivity contribution is 8.00. The fourth-order valence-electron chi connectivity index (χ4n) is 1.78. The standard InChI is InChI=1S/C9H10N4O4S/c10-5-7(15)13-6(9(16)17)4(1-11-12-3-14)2-18-8(5)13/h1,3,5,8H,2,10H2,(H,12,14)(H,16,17)/t5?,8-/m0/s1. The maximum atomic E-state index is 11.6. The lowest BCUT2D eigenvalue weighted by Crippen LogP contribution is -2.68. The lowest BCUT2D eigenvalue weighted by atomic mass is 10.0. The number of carboxylic acid groups (broad SMARTS) is 1. The molecule has 0 saturated carbocycles. The molecule has 0 aromatic rings. The molecule has 1 unspecified atom stereocenters. The second-order valence-electron chi connectivity index (χ2n) is 3.62. The molecular formula is C9H10N4O4S. The van der Waals surface area contributed by atoms with Crippen molar-refractivity contribution in [2.24, 2.45) is 10.8 Å². The predicted octanol–water partition coefficient (Wildman–Crippen LogP) is -1.70. The maximum Gasteiger partial charge on any atom is 0.353 e. The number of carbonyl (C=O) groups excluding carboxylic acids is 2. The number of aliphatic carboxylic acids is 1. The molecule has 2 aliphatic heterocycles. The summed E-state index contributed by atoms with van der Waals surface area (Å²) in [5.41, 5.74) is 7.87. The van der Waals surface area contributed by atoms with E-state index in [1.165, 1.54) is 18.0 Å². The summed E-state index contributed by atoms with van der Waals surface area (Å²) in [5, 5.41) is 12.3. The Bertz CT molecular complexity index is 475. The van der Waals surface area contributed by atoms with E-state index in [0.29, 0.717) is 17.7 Å². The van der Waals surface area contributed by atoms with Crippen molar-refractivity contribution in [1.29, 1.82) is 0 Å². The molecule has 2 heterocycles. The number of β-lactam (4-membered cyclic amide) rings is 1.